The Labute approximate surface area is 135 Å². The summed E-state index contributed by atoms with van der Waals surface area (Å²) in [5.74, 6) is -1.18. The van der Waals surface area contributed by atoms with E-state index in [1.807, 2.05) is 48.5 Å². The number of carboxylic acid groups (broad SMARTS) is 1. The first-order valence-corrected chi connectivity index (χ1v) is 7.85. The average molecular weight is 398 g/mol. The number of rotatable bonds is 5. The number of benzene rings is 2. The maximum atomic E-state index is 11.5. The van der Waals surface area contributed by atoms with E-state index in [4.69, 9.17) is 0 Å². The van der Waals surface area contributed by atoms with E-state index in [2.05, 4.69) is 31.9 Å². The van der Waals surface area contributed by atoms with Gasteiger partial charge < -0.3 is 5.11 Å². The Bertz CT molecular complexity index is 594. The quantitative estimate of drug-likeness (QED) is 0.793. The van der Waals surface area contributed by atoms with Crippen molar-refractivity contribution in [3.8, 4) is 0 Å². The Morgan fingerprint density at radius 2 is 1.65 bits per heavy atom. The Morgan fingerprint density at radius 1 is 1.00 bits per heavy atom. The van der Waals surface area contributed by atoms with Gasteiger partial charge in [0.2, 0.25) is 0 Å². The highest BCUT2D eigenvalue weighted by atomic mass is 79.9. The van der Waals surface area contributed by atoms with E-state index >= 15 is 0 Å². The topological polar surface area (TPSA) is 37.3 Å². The Morgan fingerprint density at radius 3 is 2.25 bits per heavy atom. The van der Waals surface area contributed by atoms with Crippen LogP contribution >= 0.6 is 31.9 Å². The molecule has 0 aliphatic carbocycles. The second-order valence-corrected chi connectivity index (χ2v) is 6.43. The normalized spacial score (nSPS) is 12.1. The molecule has 0 saturated heterocycles. The number of aliphatic carboxylic acids is 1. The fourth-order valence-corrected chi connectivity index (χ4v) is 2.79. The fourth-order valence-electron chi connectivity index (χ4n) is 2.08. The molecule has 2 aromatic rings. The molecule has 1 N–H and O–H groups in total. The second-order valence-electron chi connectivity index (χ2n) is 4.66. The van der Waals surface area contributed by atoms with Crippen molar-refractivity contribution < 1.29 is 9.90 Å². The van der Waals surface area contributed by atoms with Crippen LogP contribution in [0.15, 0.2) is 57.5 Å². The second kappa shape index (κ2) is 7.04. The molecule has 0 saturated carbocycles. The minimum Gasteiger partial charge on any atom is -0.481 e. The molecule has 2 rings (SSSR count). The van der Waals surface area contributed by atoms with Gasteiger partial charge >= 0.3 is 5.97 Å². The van der Waals surface area contributed by atoms with Crippen molar-refractivity contribution in [1.82, 2.24) is 0 Å². The molecule has 0 radical (unpaired) electrons. The van der Waals surface area contributed by atoms with Crippen LogP contribution in [-0.2, 0) is 17.6 Å². The van der Waals surface area contributed by atoms with Crippen molar-refractivity contribution in [1.29, 1.82) is 0 Å². The van der Waals surface area contributed by atoms with Crippen LogP contribution in [0.25, 0.3) is 0 Å². The van der Waals surface area contributed by atoms with E-state index in [1.54, 1.807) is 0 Å². The van der Waals surface area contributed by atoms with Crippen LogP contribution in [0.2, 0.25) is 0 Å². The first-order chi connectivity index (χ1) is 9.56. The maximum Gasteiger partial charge on any atom is 0.307 e. The molecule has 104 valence electrons. The Balaban J connectivity index is 2.14. The summed E-state index contributed by atoms with van der Waals surface area (Å²) in [5, 5.41) is 9.42. The van der Waals surface area contributed by atoms with Gasteiger partial charge in [-0.2, -0.15) is 0 Å². The Kier molecular flexibility index (Phi) is 5.38. The van der Waals surface area contributed by atoms with Gasteiger partial charge in [-0.25, -0.2) is 0 Å². The van der Waals surface area contributed by atoms with E-state index in [0.717, 1.165) is 20.1 Å². The van der Waals surface area contributed by atoms with Crippen LogP contribution in [0.5, 0.6) is 0 Å². The smallest absolute Gasteiger partial charge is 0.307 e. The zero-order valence-electron chi connectivity index (χ0n) is 10.7. The summed E-state index contributed by atoms with van der Waals surface area (Å²) in [6.07, 6.45) is 1.05. The zero-order chi connectivity index (χ0) is 14.5. The molecule has 20 heavy (non-hydrogen) atoms. The zero-order valence-corrected chi connectivity index (χ0v) is 13.9. The lowest BCUT2D eigenvalue weighted by molar-refractivity contribution is -0.141. The number of hydrogen-bond acceptors (Lipinski definition) is 1. The highest BCUT2D eigenvalue weighted by Crippen LogP contribution is 2.22. The molecule has 2 aromatic carbocycles. The number of carboxylic acids is 1. The molecule has 0 aliphatic heterocycles. The number of halogens is 2. The van der Waals surface area contributed by atoms with Gasteiger partial charge in [0, 0.05) is 8.95 Å². The number of carbonyl (C=O) groups is 1. The van der Waals surface area contributed by atoms with Crippen LogP contribution in [-0.4, -0.2) is 11.1 Å². The summed E-state index contributed by atoms with van der Waals surface area (Å²) in [5.41, 5.74) is 2.06. The third-order valence-corrected chi connectivity index (χ3v) is 4.47. The molecule has 0 aromatic heterocycles. The van der Waals surface area contributed by atoms with Crippen molar-refractivity contribution in [3.05, 3.63) is 68.6 Å². The van der Waals surface area contributed by atoms with Gasteiger partial charge in [-0.1, -0.05) is 62.2 Å². The van der Waals surface area contributed by atoms with Gasteiger partial charge in [-0.05, 0) is 42.2 Å². The maximum absolute atomic E-state index is 11.5. The largest absolute Gasteiger partial charge is 0.481 e. The summed E-state index contributed by atoms with van der Waals surface area (Å²) in [6, 6.07) is 15.5. The van der Waals surface area contributed by atoms with Crippen molar-refractivity contribution in [2.24, 2.45) is 5.92 Å². The van der Waals surface area contributed by atoms with Crippen LogP contribution in [0.4, 0.5) is 0 Å². The molecule has 1 unspecified atom stereocenters. The van der Waals surface area contributed by atoms with Crippen molar-refractivity contribution in [2.45, 2.75) is 12.8 Å². The molecule has 4 heteroatoms. The Hall–Kier alpha value is -1.13. The minimum atomic E-state index is -0.760. The SMILES string of the molecule is O=C(O)C(Cc1ccc(Br)cc1)Cc1ccccc1Br. The lowest BCUT2D eigenvalue weighted by Crippen LogP contribution is -2.19. The minimum absolute atomic E-state index is 0.421. The molecule has 0 bridgehead atoms. The molecule has 2 nitrogen and oxygen atoms in total. The fraction of sp³-hybridized carbons (Fsp3) is 0.188. The van der Waals surface area contributed by atoms with Crippen molar-refractivity contribution in [2.75, 3.05) is 0 Å². The highest BCUT2D eigenvalue weighted by molar-refractivity contribution is 9.10. The van der Waals surface area contributed by atoms with Gasteiger partial charge in [0.15, 0.2) is 0 Å². The first kappa shape index (κ1) is 15.3. The third-order valence-electron chi connectivity index (χ3n) is 3.17. The predicted molar refractivity (Wildman–Crippen MR) is 86.8 cm³/mol. The monoisotopic (exact) mass is 396 g/mol. The molecular weight excluding hydrogens is 384 g/mol. The first-order valence-electron chi connectivity index (χ1n) is 6.27. The molecule has 0 fully saturated rings. The van der Waals surface area contributed by atoms with Crippen LogP contribution < -0.4 is 0 Å². The van der Waals surface area contributed by atoms with Gasteiger partial charge in [-0.3, -0.25) is 4.79 Å². The van der Waals surface area contributed by atoms with Gasteiger partial charge in [0.05, 0.1) is 5.92 Å². The van der Waals surface area contributed by atoms with Gasteiger partial charge in [-0.15, -0.1) is 0 Å². The van der Waals surface area contributed by atoms with Crippen molar-refractivity contribution >= 4 is 37.8 Å². The van der Waals surface area contributed by atoms with E-state index in [9.17, 15) is 9.90 Å². The average Bonchev–Trinajstić information content (AvgIpc) is 2.42. The van der Waals surface area contributed by atoms with Gasteiger partial charge in [0.1, 0.15) is 0 Å². The molecule has 0 heterocycles. The molecule has 0 aliphatic rings. The van der Waals surface area contributed by atoms with Crippen molar-refractivity contribution in [3.63, 3.8) is 0 Å². The van der Waals surface area contributed by atoms with E-state index in [1.165, 1.54) is 0 Å². The highest BCUT2D eigenvalue weighted by Gasteiger charge is 2.19. The summed E-state index contributed by atoms with van der Waals surface area (Å²) in [4.78, 5) is 11.5. The lowest BCUT2D eigenvalue weighted by Gasteiger charge is -2.13. The summed E-state index contributed by atoms with van der Waals surface area (Å²) >= 11 is 6.85. The molecule has 0 amide bonds. The molecular formula is C16H14Br2O2. The predicted octanol–water partition coefficient (Wildman–Crippen LogP) is 4.70. The van der Waals surface area contributed by atoms with Crippen LogP contribution in [0.1, 0.15) is 11.1 Å². The van der Waals surface area contributed by atoms with Gasteiger partial charge in [0.25, 0.3) is 0 Å². The third kappa shape index (κ3) is 4.18. The molecule has 1 atom stereocenters. The number of hydrogen-bond donors (Lipinski definition) is 1. The molecule has 0 spiro atoms. The van der Waals surface area contributed by atoms with E-state index in [0.29, 0.717) is 12.8 Å². The summed E-state index contributed by atoms with van der Waals surface area (Å²) in [7, 11) is 0. The lowest BCUT2D eigenvalue weighted by atomic mass is 9.93. The standard InChI is InChI=1S/C16H14Br2O2/c17-14-7-5-11(6-8-14)9-13(16(19)20)10-12-3-1-2-4-15(12)18/h1-8,13H,9-10H2,(H,19,20). The van der Waals surface area contributed by atoms with E-state index < -0.39 is 11.9 Å². The van der Waals surface area contributed by atoms with E-state index in [-0.39, 0.29) is 0 Å². The van der Waals surface area contributed by atoms with Crippen LogP contribution in [0.3, 0.4) is 0 Å². The summed E-state index contributed by atoms with van der Waals surface area (Å²) in [6.45, 7) is 0. The van der Waals surface area contributed by atoms with Crippen LogP contribution in [0, 0.1) is 5.92 Å². The summed E-state index contributed by atoms with van der Waals surface area (Å²) < 4.78 is 1.96.